The van der Waals surface area contributed by atoms with Crippen molar-refractivity contribution < 1.29 is 19.4 Å². The lowest BCUT2D eigenvalue weighted by Crippen LogP contribution is -2.34. The molecule has 16 heavy (non-hydrogen) atoms. The van der Waals surface area contributed by atoms with Crippen LogP contribution in [0.5, 0.6) is 0 Å². The standard InChI is InChI=1S/C11H21NO4/c1-11(2,8-10(14)15)7-9(13)12(3)5-6-16-4/h5-8H2,1-4H3,(H,14,15). The molecule has 5 heteroatoms. The van der Waals surface area contributed by atoms with Gasteiger partial charge in [-0.1, -0.05) is 13.8 Å². The predicted molar refractivity (Wildman–Crippen MR) is 60.2 cm³/mol. The van der Waals surface area contributed by atoms with Gasteiger partial charge in [-0.25, -0.2) is 0 Å². The highest BCUT2D eigenvalue weighted by molar-refractivity contribution is 5.77. The van der Waals surface area contributed by atoms with E-state index in [-0.39, 0.29) is 18.7 Å². The quantitative estimate of drug-likeness (QED) is 0.709. The van der Waals surface area contributed by atoms with Crippen LogP contribution in [0.25, 0.3) is 0 Å². The molecule has 0 aromatic carbocycles. The number of amides is 1. The van der Waals surface area contributed by atoms with Crippen LogP contribution in [0, 0.1) is 5.41 Å². The Balaban J connectivity index is 4.15. The summed E-state index contributed by atoms with van der Waals surface area (Å²) < 4.78 is 4.87. The zero-order valence-corrected chi connectivity index (χ0v) is 10.4. The first-order chi connectivity index (χ1) is 7.28. The zero-order chi connectivity index (χ0) is 12.8. The average molecular weight is 231 g/mol. The van der Waals surface area contributed by atoms with Crippen LogP contribution < -0.4 is 0 Å². The molecule has 0 radical (unpaired) electrons. The number of carboxylic acids is 1. The van der Waals surface area contributed by atoms with Crippen LogP contribution in [-0.4, -0.2) is 49.2 Å². The van der Waals surface area contributed by atoms with Gasteiger partial charge in [-0.15, -0.1) is 0 Å². The van der Waals surface area contributed by atoms with Gasteiger partial charge in [-0.2, -0.15) is 0 Å². The third kappa shape index (κ3) is 6.40. The Labute approximate surface area is 96.4 Å². The van der Waals surface area contributed by atoms with Crippen molar-refractivity contribution in [2.45, 2.75) is 26.7 Å². The van der Waals surface area contributed by atoms with Gasteiger partial charge in [0.15, 0.2) is 0 Å². The van der Waals surface area contributed by atoms with Crippen LogP contribution in [0.15, 0.2) is 0 Å². The number of methoxy groups -OCH3 is 1. The molecule has 0 aromatic heterocycles. The molecule has 0 aliphatic rings. The number of rotatable bonds is 7. The van der Waals surface area contributed by atoms with E-state index in [0.717, 1.165) is 0 Å². The average Bonchev–Trinajstić information content (AvgIpc) is 2.10. The summed E-state index contributed by atoms with van der Waals surface area (Å²) in [4.78, 5) is 23.9. The summed E-state index contributed by atoms with van der Waals surface area (Å²) in [5.74, 6) is -0.930. The molecule has 0 fully saturated rings. The minimum absolute atomic E-state index is 0.00312. The third-order valence-corrected chi connectivity index (χ3v) is 2.32. The van der Waals surface area contributed by atoms with Crippen LogP contribution in [-0.2, 0) is 14.3 Å². The molecule has 0 saturated heterocycles. The monoisotopic (exact) mass is 231 g/mol. The van der Waals surface area contributed by atoms with Crippen LogP contribution >= 0.6 is 0 Å². The van der Waals surface area contributed by atoms with Crippen molar-refractivity contribution in [3.05, 3.63) is 0 Å². The van der Waals surface area contributed by atoms with Crippen LogP contribution in [0.3, 0.4) is 0 Å². The molecule has 0 aliphatic carbocycles. The summed E-state index contributed by atoms with van der Waals surface area (Å²) in [6.45, 7) is 4.58. The van der Waals surface area contributed by atoms with Crippen molar-refractivity contribution in [1.29, 1.82) is 0 Å². The molecule has 0 saturated carbocycles. The highest BCUT2D eigenvalue weighted by Gasteiger charge is 2.26. The number of hydrogen-bond acceptors (Lipinski definition) is 3. The van der Waals surface area contributed by atoms with Crippen molar-refractivity contribution in [3.8, 4) is 0 Å². The summed E-state index contributed by atoms with van der Waals surface area (Å²) in [5.41, 5.74) is -0.510. The van der Waals surface area contributed by atoms with Gasteiger partial charge in [0, 0.05) is 27.1 Å². The van der Waals surface area contributed by atoms with Gasteiger partial charge in [0.05, 0.1) is 13.0 Å². The van der Waals surface area contributed by atoms with E-state index in [1.807, 2.05) is 0 Å². The topological polar surface area (TPSA) is 66.8 Å². The summed E-state index contributed by atoms with van der Waals surface area (Å²) in [7, 11) is 3.27. The Morgan fingerprint density at radius 3 is 2.31 bits per heavy atom. The van der Waals surface area contributed by atoms with Gasteiger partial charge in [0.25, 0.3) is 0 Å². The van der Waals surface area contributed by atoms with E-state index in [4.69, 9.17) is 9.84 Å². The number of aliphatic carboxylic acids is 1. The summed E-state index contributed by atoms with van der Waals surface area (Å²) in [5, 5.41) is 8.70. The Kier molecular flexibility index (Phi) is 6.03. The number of carbonyl (C=O) groups excluding carboxylic acids is 1. The predicted octanol–water partition coefficient (Wildman–Crippen LogP) is 0.982. The van der Waals surface area contributed by atoms with E-state index in [0.29, 0.717) is 13.2 Å². The van der Waals surface area contributed by atoms with Gasteiger partial charge in [0.2, 0.25) is 5.91 Å². The first-order valence-electron chi connectivity index (χ1n) is 5.23. The first kappa shape index (κ1) is 14.9. The minimum Gasteiger partial charge on any atom is -0.481 e. The minimum atomic E-state index is -0.877. The summed E-state index contributed by atoms with van der Waals surface area (Å²) in [6, 6.07) is 0. The molecule has 1 N–H and O–H groups in total. The summed E-state index contributed by atoms with van der Waals surface area (Å²) >= 11 is 0. The normalized spacial score (nSPS) is 11.2. The number of hydrogen-bond donors (Lipinski definition) is 1. The maximum absolute atomic E-state index is 11.7. The fourth-order valence-corrected chi connectivity index (χ4v) is 1.37. The molecule has 0 unspecified atom stereocenters. The number of likely N-dealkylation sites (N-methyl/N-ethyl adjacent to an activating group) is 1. The maximum atomic E-state index is 11.7. The van der Waals surface area contributed by atoms with Crippen LogP contribution in [0.2, 0.25) is 0 Å². The number of nitrogens with zero attached hydrogens (tertiary/aromatic N) is 1. The van der Waals surface area contributed by atoms with Crippen LogP contribution in [0.4, 0.5) is 0 Å². The van der Waals surface area contributed by atoms with Crippen molar-refractivity contribution >= 4 is 11.9 Å². The molecule has 94 valence electrons. The maximum Gasteiger partial charge on any atom is 0.303 e. The molecule has 0 rings (SSSR count). The molecule has 1 amide bonds. The lowest BCUT2D eigenvalue weighted by molar-refractivity contribution is -0.140. The fourth-order valence-electron chi connectivity index (χ4n) is 1.37. The largest absolute Gasteiger partial charge is 0.481 e. The van der Waals surface area contributed by atoms with E-state index >= 15 is 0 Å². The SMILES string of the molecule is COCCN(C)C(=O)CC(C)(C)CC(=O)O. The number of ether oxygens (including phenoxy) is 1. The summed E-state index contributed by atoms with van der Waals surface area (Å²) in [6.07, 6.45) is 0.233. The highest BCUT2D eigenvalue weighted by Crippen LogP contribution is 2.25. The van der Waals surface area contributed by atoms with Gasteiger partial charge in [0.1, 0.15) is 0 Å². The first-order valence-corrected chi connectivity index (χ1v) is 5.23. The lowest BCUT2D eigenvalue weighted by Gasteiger charge is -2.25. The Morgan fingerprint density at radius 1 is 1.31 bits per heavy atom. The van der Waals surface area contributed by atoms with Crippen molar-refractivity contribution in [1.82, 2.24) is 4.90 Å². The lowest BCUT2D eigenvalue weighted by atomic mass is 9.85. The molecular formula is C11H21NO4. The van der Waals surface area contributed by atoms with Gasteiger partial charge in [-0.3, -0.25) is 9.59 Å². The van der Waals surface area contributed by atoms with E-state index in [1.165, 1.54) is 0 Å². The second kappa shape index (κ2) is 6.48. The molecule has 0 bridgehead atoms. The molecular weight excluding hydrogens is 210 g/mol. The second-order valence-corrected chi connectivity index (χ2v) is 4.72. The molecule has 0 heterocycles. The van der Waals surface area contributed by atoms with E-state index in [1.54, 1.807) is 32.9 Å². The van der Waals surface area contributed by atoms with Crippen molar-refractivity contribution in [3.63, 3.8) is 0 Å². The van der Waals surface area contributed by atoms with Crippen LogP contribution in [0.1, 0.15) is 26.7 Å². The smallest absolute Gasteiger partial charge is 0.303 e. The molecule has 0 spiro atoms. The molecule has 0 atom stereocenters. The zero-order valence-electron chi connectivity index (χ0n) is 10.4. The van der Waals surface area contributed by atoms with E-state index in [9.17, 15) is 9.59 Å². The number of carbonyl (C=O) groups is 2. The molecule has 0 aromatic rings. The van der Waals surface area contributed by atoms with E-state index < -0.39 is 11.4 Å². The Bertz CT molecular complexity index is 250. The van der Waals surface area contributed by atoms with Gasteiger partial charge < -0.3 is 14.7 Å². The van der Waals surface area contributed by atoms with Gasteiger partial charge >= 0.3 is 5.97 Å². The third-order valence-electron chi connectivity index (χ3n) is 2.32. The van der Waals surface area contributed by atoms with Gasteiger partial charge in [-0.05, 0) is 5.41 Å². The van der Waals surface area contributed by atoms with Crippen molar-refractivity contribution in [2.24, 2.45) is 5.41 Å². The Hall–Kier alpha value is -1.10. The highest BCUT2D eigenvalue weighted by atomic mass is 16.5. The second-order valence-electron chi connectivity index (χ2n) is 4.72. The molecule has 5 nitrogen and oxygen atoms in total. The van der Waals surface area contributed by atoms with E-state index in [2.05, 4.69) is 0 Å². The van der Waals surface area contributed by atoms with Crippen molar-refractivity contribution in [2.75, 3.05) is 27.3 Å². The Morgan fingerprint density at radius 2 is 1.88 bits per heavy atom. The molecule has 0 aliphatic heterocycles. The fraction of sp³-hybridized carbons (Fsp3) is 0.818. The number of carboxylic acid groups (broad SMARTS) is 1.